The van der Waals surface area contributed by atoms with Gasteiger partial charge in [0.05, 0.1) is 5.56 Å². The van der Waals surface area contributed by atoms with Crippen LogP contribution in [0.3, 0.4) is 0 Å². The van der Waals surface area contributed by atoms with Gasteiger partial charge in [0.1, 0.15) is 22.5 Å². The number of hydrogen-bond donors (Lipinski definition) is 3. The number of nitrogens with one attached hydrogen (secondary N) is 1. The van der Waals surface area contributed by atoms with Crippen LogP contribution < -0.4 is 5.32 Å². The van der Waals surface area contributed by atoms with Crippen LogP contribution in [0.4, 0.5) is 0 Å². The number of phenols is 1. The maximum absolute atomic E-state index is 11.5. The summed E-state index contributed by atoms with van der Waals surface area (Å²) in [4.78, 5) is 24.0. The van der Waals surface area contributed by atoms with Gasteiger partial charge < -0.3 is 15.5 Å². The molecule has 0 atom stereocenters. The molecule has 0 fully saturated rings. The maximum atomic E-state index is 11.5. The van der Waals surface area contributed by atoms with Crippen molar-refractivity contribution in [1.29, 1.82) is 0 Å². The minimum atomic E-state index is -1.06. The zero-order valence-electron chi connectivity index (χ0n) is 16.4. The number of phenolic OH excluding ortho intramolecular Hbond substituents is 1. The van der Waals surface area contributed by atoms with Crippen LogP contribution in [-0.2, 0) is 16.8 Å². The van der Waals surface area contributed by atoms with Gasteiger partial charge in [-0.3, -0.25) is 4.79 Å². The van der Waals surface area contributed by atoms with Crippen molar-refractivity contribution in [1.82, 2.24) is 20.3 Å². The lowest BCUT2D eigenvalue weighted by Crippen LogP contribution is -2.21. The molecule has 8 nitrogen and oxygen atoms in total. The van der Waals surface area contributed by atoms with Crippen molar-refractivity contribution >= 4 is 22.9 Å². The summed E-state index contributed by atoms with van der Waals surface area (Å²) >= 11 is 0. The fraction of sp³-hybridized carbons (Fsp3) is 0.238. The van der Waals surface area contributed by atoms with Gasteiger partial charge in [-0.05, 0) is 47.4 Å². The topological polar surface area (TPSA) is 117 Å². The van der Waals surface area contributed by atoms with Crippen LogP contribution in [0, 0.1) is 0 Å². The standard InChI is InChI=1S/C21H22N4O4/c1-5-18(26)22-11-13-8-14(21(2,3)4)10-17(19(13)27)25-23-15-7-6-12(20(28)29)9-16(15)24-25/h5-10,27H,1,11H2,2-4H3,(H,22,26)(H,28,29). The highest BCUT2D eigenvalue weighted by Gasteiger charge is 2.21. The van der Waals surface area contributed by atoms with Crippen LogP contribution in [0.1, 0.15) is 42.3 Å². The van der Waals surface area contributed by atoms with Crippen molar-refractivity contribution in [3.05, 3.63) is 59.7 Å². The van der Waals surface area contributed by atoms with Gasteiger partial charge in [0, 0.05) is 12.1 Å². The minimum Gasteiger partial charge on any atom is -0.505 e. The number of amides is 1. The van der Waals surface area contributed by atoms with Crippen molar-refractivity contribution in [2.24, 2.45) is 0 Å². The normalized spacial score (nSPS) is 11.4. The first kappa shape index (κ1) is 20.1. The molecule has 0 saturated carbocycles. The Hall–Kier alpha value is -3.68. The minimum absolute atomic E-state index is 0.0684. The second kappa shape index (κ2) is 7.38. The molecule has 29 heavy (non-hydrogen) atoms. The Morgan fingerprint density at radius 1 is 1.17 bits per heavy atom. The fourth-order valence-electron chi connectivity index (χ4n) is 2.81. The zero-order valence-corrected chi connectivity index (χ0v) is 16.4. The fourth-order valence-corrected chi connectivity index (χ4v) is 2.81. The van der Waals surface area contributed by atoms with Crippen molar-refractivity contribution in [3.63, 3.8) is 0 Å². The van der Waals surface area contributed by atoms with Gasteiger partial charge in [0.2, 0.25) is 5.91 Å². The Morgan fingerprint density at radius 3 is 2.48 bits per heavy atom. The first-order chi connectivity index (χ1) is 13.6. The summed E-state index contributed by atoms with van der Waals surface area (Å²) < 4.78 is 0. The lowest BCUT2D eigenvalue weighted by molar-refractivity contribution is -0.116. The molecular formula is C21H22N4O4. The predicted molar refractivity (Wildman–Crippen MR) is 108 cm³/mol. The number of carbonyl (C=O) groups excluding carboxylic acids is 1. The van der Waals surface area contributed by atoms with E-state index in [0.29, 0.717) is 22.3 Å². The number of carboxylic acids is 1. The molecule has 3 aromatic rings. The van der Waals surface area contributed by atoms with Crippen LogP contribution in [0.5, 0.6) is 5.75 Å². The zero-order chi connectivity index (χ0) is 21.3. The number of rotatable bonds is 5. The number of hydrogen-bond acceptors (Lipinski definition) is 5. The van der Waals surface area contributed by atoms with Crippen LogP contribution >= 0.6 is 0 Å². The molecule has 0 spiro atoms. The third-order valence-electron chi connectivity index (χ3n) is 4.52. The van der Waals surface area contributed by atoms with Gasteiger partial charge >= 0.3 is 5.97 Å². The highest BCUT2D eigenvalue weighted by molar-refractivity contribution is 5.92. The SMILES string of the molecule is C=CC(=O)NCc1cc(C(C)(C)C)cc(-n2nc3ccc(C(=O)O)cc3n2)c1O. The third-order valence-corrected chi connectivity index (χ3v) is 4.52. The van der Waals surface area contributed by atoms with Crippen LogP contribution in [0.15, 0.2) is 43.0 Å². The van der Waals surface area contributed by atoms with Gasteiger partial charge in [-0.2, -0.15) is 0 Å². The molecule has 0 saturated heterocycles. The average Bonchev–Trinajstić information content (AvgIpc) is 3.08. The summed E-state index contributed by atoms with van der Waals surface area (Å²) in [7, 11) is 0. The third kappa shape index (κ3) is 4.11. The molecule has 3 N–H and O–H groups in total. The molecule has 1 amide bonds. The number of aromatic nitrogens is 3. The van der Waals surface area contributed by atoms with E-state index in [1.165, 1.54) is 16.9 Å². The quantitative estimate of drug-likeness (QED) is 0.573. The number of fused-ring (bicyclic) bond motifs is 1. The van der Waals surface area contributed by atoms with E-state index in [1.807, 2.05) is 26.8 Å². The largest absolute Gasteiger partial charge is 0.505 e. The molecule has 0 unspecified atom stereocenters. The van der Waals surface area contributed by atoms with E-state index in [0.717, 1.165) is 11.6 Å². The first-order valence-electron chi connectivity index (χ1n) is 8.97. The second-order valence-electron chi connectivity index (χ2n) is 7.67. The van der Waals surface area contributed by atoms with E-state index in [1.54, 1.807) is 12.1 Å². The molecule has 2 aromatic carbocycles. The van der Waals surface area contributed by atoms with E-state index in [2.05, 4.69) is 22.1 Å². The Balaban J connectivity index is 2.14. The molecule has 8 heteroatoms. The molecular weight excluding hydrogens is 372 g/mol. The smallest absolute Gasteiger partial charge is 0.335 e. The number of aromatic hydroxyl groups is 1. The molecule has 1 aromatic heterocycles. The van der Waals surface area contributed by atoms with E-state index < -0.39 is 5.97 Å². The molecule has 0 bridgehead atoms. The van der Waals surface area contributed by atoms with Gasteiger partial charge in [0.25, 0.3) is 0 Å². The highest BCUT2D eigenvalue weighted by atomic mass is 16.4. The predicted octanol–water partition coefficient (Wildman–Crippen LogP) is 2.92. The Labute approximate surface area is 167 Å². The molecule has 3 rings (SSSR count). The van der Waals surface area contributed by atoms with E-state index in [-0.39, 0.29) is 29.2 Å². The summed E-state index contributed by atoms with van der Waals surface area (Å²) in [5.74, 6) is -1.48. The molecule has 0 aliphatic rings. The summed E-state index contributed by atoms with van der Waals surface area (Å²) in [6.45, 7) is 9.62. The van der Waals surface area contributed by atoms with Crippen LogP contribution in [0.25, 0.3) is 16.7 Å². The van der Waals surface area contributed by atoms with Crippen molar-refractivity contribution < 1.29 is 19.8 Å². The van der Waals surface area contributed by atoms with Gasteiger partial charge in [-0.1, -0.05) is 27.4 Å². The van der Waals surface area contributed by atoms with Crippen molar-refractivity contribution in [3.8, 4) is 11.4 Å². The number of aromatic carboxylic acids is 1. The Bertz CT molecular complexity index is 1130. The molecule has 0 radical (unpaired) electrons. The summed E-state index contributed by atoms with van der Waals surface area (Å²) in [5, 5.41) is 31.3. The van der Waals surface area contributed by atoms with Crippen LogP contribution in [-0.4, -0.2) is 37.1 Å². The van der Waals surface area contributed by atoms with Crippen LogP contribution in [0.2, 0.25) is 0 Å². The van der Waals surface area contributed by atoms with Gasteiger partial charge in [-0.25, -0.2) is 4.79 Å². The lowest BCUT2D eigenvalue weighted by Gasteiger charge is -2.22. The summed E-state index contributed by atoms with van der Waals surface area (Å²) in [5.41, 5.74) is 2.53. The Morgan fingerprint density at radius 2 is 1.86 bits per heavy atom. The van der Waals surface area contributed by atoms with Crippen molar-refractivity contribution in [2.45, 2.75) is 32.7 Å². The number of carboxylic acid groups (broad SMARTS) is 1. The molecule has 0 aliphatic carbocycles. The molecule has 0 aliphatic heterocycles. The van der Waals surface area contributed by atoms with Crippen molar-refractivity contribution in [2.75, 3.05) is 0 Å². The second-order valence-corrected chi connectivity index (χ2v) is 7.67. The lowest BCUT2D eigenvalue weighted by atomic mass is 9.85. The Kier molecular flexibility index (Phi) is 5.11. The number of carbonyl (C=O) groups is 2. The van der Waals surface area contributed by atoms with E-state index in [9.17, 15) is 14.7 Å². The number of nitrogens with zero attached hydrogens (tertiary/aromatic N) is 3. The molecule has 150 valence electrons. The van der Waals surface area contributed by atoms with Gasteiger partial charge in [0.15, 0.2) is 0 Å². The summed E-state index contributed by atoms with van der Waals surface area (Å²) in [6, 6.07) is 8.06. The summed E-state index contributed by atoms with van der Waals surface area (Å²) in [6.07, 6.45) is 1.16. The van der Waals surface area contributed by atoms with E-state index >= 15 is 0 Å². The molecule has 1 heterocycles. The highest BCUT2D eigenvalue weighted by Crippen LogP contribution is 2.33. The van der Waals surface area contributed by atoms with Gasteiger partial charge in [-0.15, -0.1) is 15.0 Å². The van der Waals surface area contributed by atoms with E-state index in [4.69, 9.17) is 5.11 Å². The average molecular weight is 394 g/mol. The first-order valence-corrected chi connectivity index (χ1v) is 8.97. The monoisotopic (exact) mass is 394 g/mol. The number of benzene rings is 2. The maximum Gasteiger partial charge on any atom is 0.335 e.